The summed E-state index contributed by atoms with van der Waals surface area (Å²) in [6.45, 7) is 1.61. The average molecular weight is 281 g/mol. The van der Waals surface area contributed by atoms with E-state index in [0.717, 1.165) is 25.9 Å². The van der Waals surface area contributed by atoms with Gasteiger partial charge in [0.1, 0.15) is 18.1 Å². The number of aromatic nitrogens is 2. The van der Waals surface area contributed by atoms with Gasteiger partial charge in [0.15, 0.2) is 0 Å². The maximum absolute atomic E-state index is 12.1. The van der Waals surface area contributed by atoms with Crippen LogP contribution in [-0.4, -0.2) is 51.7 Å². The molecule has 7 nitrogen and oxygen atoms in total. The fourth-order valence-electron chi connectivity index (χ4n) is 2.80. The summed E-state index contributed by atoms with van der Waals surface area (Å²) >= 11 is 0. The Morgan fingerprint density at radius 3 is 2.75 bits per heavy atom. The summed E-state index contributed by atoms with van der Waals surface area (Å²) in [5, 5.41) is 18.8. The van der Waals surface area contributed by atoms with Crippen LogP contribution in [0.4, 0.5) is 5.82 Å². The maximum atomic E-state index is 12.1. The van der Waals surface area contributed by atoms with Crippen LogP contribution in [0.5, 0.6) is 0 Å². The van der Waals surface area contributed by atoms with E-state index < -0.39 is 18.4 Å². The monoisotopic (exact) mass is 281 g/mol. The molecule has 2 aliphatic heterocycles. The molecule has 2 fully saturated rings. The molecule has 0 amide bonds. The van der Waals surface area contributed by atoms with Crippen molar-refractivity contribution in [2.24, 2.45) is 0 Å². The number of aliphatic hydroxyl groups is 2. The minimum absolute atomic E-state index is 0.258. The molecule has 2 saturated heterocycles. The van der Waals surface area contributed by atoms with Crippen molar-refractivity contribution in [1.82, 2.24) is 9.55 Å². The predicted octanol–water partition coefficient (Wildman–Crippen LogP) is -0.516. The molecule has 2 N–H and O–H groups in total. The Morgan fingerprint density at radius 1 is 1.40 bits per heavy atom. The lowest BCUT2D eigenvalue weighted by Crippen LogP contribution is -2.30. The fraction of sp³-hybridized carbons (Fsp3) is 0.692. The van der Waals surface area contributed by atoms with Gasteiger partial charge in [-0.2, -0.15) is 4.98 Å². The largest absolute Gasteiger partial charge is 0.394 e. The molecular formula is C13H19N3O4. The van der Waals surface area contributed by atoms with Crippen LogP contribution < -0.4 is 10.6 Å². The summed E-state index contributed by atoms with van der Waals surface area (Å²) in [6, 6.07) is 1.80. The summed E-state index contributed by atoms with van der Waals surface area (Å²) in [5.74, 6) is 0.695. The molecule has 0 spiro atoms. The van der Waals surface area contributed by atoms with E-state index in [1.54, 1.807) is 12.3 Å². The van der Waals surface area contributed by atoms with Crippen LogP contribution in [0.3, 0.4) is 0 Å². The van der Waals surface area contributed by atoms with Crippen LogP contribution in [-0.2, 0) is 4.74 Å². The molecule has 20 heavy (non-hydrogen) atoms. The SMILES string of the molecule is O=c1nc(N2CCCC2)ccn1[C@H]1C[C@H](O)[C@@H](CO)O1. The molecule has 0 unspecified atom stereocenters. The van der Waals surface area contributed by atoms with Gasteiger partial charge in [-0.25, -0.2) is 4.79 Å². The van der Waals surface area contributed by atoms with Crippen molar-refractivity contribution in [2.45, 2.75) is 37.7 Å². The molecule has 0 aliphatic carbocycles. The topological polar surface area (TPSA) is 87.8 Å². The van der Waals surface area contributed by atoms with Gasteiger partial charge in [-0.3, -0.25) is 4.57 Å². The second-order valence-electron chi connectivity index (χ2n) is 5.28. The molecule has 1 aromatic rings. The number of ether oxygens (including phenoxy) is 1. The Morgan fingerprint density at radius 2 is 2.15 bits per heavy atom. The van der Waals surface area contributed by atoms with E-state index >= 15 is 0 Å². The molecule has 0 aromatic carbocycles. The molecule has 0 radical (unpaired) electrons. The van der Waals surface area contributed by atoms with Crippen molar-refractivity contribution < 1.29 is 14.9 Å². The Bertz CT molecular complexity index is 527. The zero-order valence-electron chi connectivity index (χ0n) is 11.2. The highest BCUT2D eigenvalue weighted by molar-refractivity contribution is 5.37. The quantitative estimate of drug-likeness (QED) is 0.775. The third-order valence-electron chi connectivity index (χ3n) is 3.94. The molecule has 3 atom stereocenters. The number of rotatable bonds is 3. The highest BCUT2D eigenvalue weighted by Crippen LogP contribution is 2.27. The highest BCUT2D eigenvalue weighted by Gasteiger charge is 2.35. The van der Waals surface area contributed by atoms with E-state index in [1.807, 2.05) is 0 Å². The van der Waals surface area contributed by atoms with E-state index in [9.17, 15) is 9.90 Å². The Balaban J connectivity index is 1.79. The van der Waals surface area contributed by atoms with Crippen molar-refractivity contribution in [2.75, 3.05) is 24.6 Å². The first kappa shape index (κ1) is 13.5. The summed E-state index contributed by atoms with van der Waals surface area (Å²) in [7, 11) is 0. The fourth-order valence-corrected chi connectivity index (χ4v) is 2.80. The molecule has 0 bridgehead atoms. The molecular weight excluding hydrogens is 262 g/mol. The average Bonchev–Trinajstić information content (AvgIpc) is 3.07. The molecule has 3 rings (SSSR count). The van der Waals surface area contributed by atoms with Gasteiger partial charge >= 0.3 is 5.69 Å². The zero-order valence-corrected chi connectivity index (χ0v) is 11.2. The number of hydrogen-bond donors (Lipinski definition) is 2. The van der Waals surface area contributed by atoms with Crippen molar-refractivity contribution in [3.8, 4) is 0 Å². The first-order valence-electron chi connectivity index (χ1n) is 6.97. The predicted molar refractivity (Wildman–Crippen MR) is 71.6 cm³/mol. The number of aliphatic hydroxyl groups excluding tert-OH is 2. The normalized spacial score (nSPS) is 30.1. The number of hydrogen-bond acceptors (Lipinski definition) is 6. The molecule has 110 valence electrons. The van der Waals surface area contributed by atoms with Gasteiger partial charge in [0.25, 0.3) is 0 Å². The van der Waals surface area contributed by atoms with Gasteiger partial charge in [0.2, 0.25) is 0 Å². The van der Waals surface area contributed by atoms with Crippen molar-refractivity contribution in [3.63, 3.8) is 0 Å². The van der Waals surface area contributed by atoms with Crippen LogP contribution in [0, 0.1) is 0 Å². The van der Waals surface area contributed by atoms with Gasteiger partial charge in [-0.1, -0.05) is 0 Å². The first-order chi connectivity index (χ1) is 9.69. The van der Waals surface area contributed by atoms with Gasteiger partial charge < -0.3 is 19.8 Å². The van der Waals surface area contributed by atoms with E-state index in [1.165, 1.54) is 4.57 Å². The number of nitrogens with zero attached hydrogens (tertiary/aromatic N) is 3. The van der Waals surface area contributed by atoms with Crippen molar-refractivity contribution >= 4 is 5.82 Å². The lowest BCUT2D eigenvalue weighted by molar-refractivity contribution is -0.0458. The van der Waals surface area contributed by atoms with E-state index in [4.69, 9.17) is 9.84 Å². The Labute approximate surface area is 116 Å². The standard InChI is InChI=1S/C13H19N3O4/c17-8-10-9(18)7-12(20-10)16-6-3-11(14-13(16)19)15-4-1-2-5-15/h3,6,9-10,12,17-18H,1-2,4-5,7-8H2/t9-,10+,12+/m0/s1. The smallest absolute Gasteiger partial charge is 0.351 e. The lowest BCUT2D eigenvalue weighted by Gasteiger charge is -2.18. The second-order valence-corrected chi connectivity index (χ2v) is 5.28. The summed E-state index contributed by atoms with van der Waals surface area (Å²) in [4.78, 5) is 18.3. The zero-order chi connectivity index (χ0) is 14.1. The third-order valence-corrected chi connectivity index (χ3v) is 3.94. The van der Waals surface area contributed by atoms with Crippen LogP contribution in [0.2, 0.25) is 0 Å². The lowest BCUT2D eigenvalue weighted by atomic mass is 10.2. The summed E-state index contributed by atoms with van der Waals surface area (Å²) in [6.07, 6.45) is 2.24. The molecule has 3 heterocycles. The van der Waals surface area contributed by atoms with Gasteiger partial charge in [0, 0.05) is 25.7 Å². The summed E-state index contributed by atoms with van der Waals surface area (Å²) < 4.78 is 6.84. The van der Waals surface area contributed by atoms with Crippen molar-refractivity contribution in [3.05, 3.63) is 22.7 Å². The number of anilines is 1. The third kappa shape index (κ3) is 2.44. The molecule has 0 saturated carbocycles. The Hall–Kier alpha value is -1.44. The molecule has 2 aliphatic rings. The van der Waals surface area contributed by atoms with E-state index in [2.05, 4.69) is 9.88 Å². The minimum atomic E-state index is -0.754. The van der Waals surface area contributed by atoms with Gasteiger partial charge in [-0.05, 0) is 18.9 Å². The first-order valence-corrected chi connectivity index (χ1v) is 6.97. The Kier molecular flexibility index (Phi) is 3.73. The highest BCUT2D eigenvalue weighted by atomic mass is 16.5. The van der Waals surface area contributed by atoms with E-state index in [-0.39, 0.29) is 18.7 Å². The van der Waals surface area contributed by atoms with Crippen LogP contribution in [0.25, 0.3) is 0 Å². The molecule has 7 heteroatoms. The maximum Gasteiger partial charge on any atom is 0.351 e. The molecule has 1 aromatic heterocycles. The van der Waals surface area contributed by atoms with Crippen LogP contribution in [0.15, 0.2) is 17.1 Å². The van der Waals surface area contributed by atoms with Crippen molar-refractivity contribution in [1.29, 1.82) is 0 Å². The van der Waals surface area contributed by atoms with Crippen LogP contribution in [0.1, 0.15) is 25.5 Å². The van der Waals surface area contributed by atoms with Crippen LogP contribution >= 0.6 is 0 Å². The second kappa shape index (κ2) is 5.51. The summed E-state index contributed by atoms with van der Waals surface area (Å²) in [5.41, 5.74) is -0.384. The van der Waals surface area contributed by atoms with Gasteiger partial charge in [0.05, 0.1) is 12.7 Å². The minimum Gasteiger partial charge on any atom is -0.394 e. The van der Waals surface area contributed by atoms with E-state index in [0.29, 0.717) is 5.82 Å². The van der Waals surface area contributed by atoms with Gasteiger partial charge in [-0.15, -0.1) is 0 Å².